The number of hydrogen-bond donors (Lipinski definition) is 0. The first-order valence-corrected chi connectivity index (χ1v) is 6.58. The van der Waals surface area contributed by atoms with E-state index in [9.17, 15) is 0 Å². The van der Waals surface area contributed by atoms with Gasteiger partial charge in [0.15, 0.2) is 6.29 Å². The monoisotopic (exact) mass is 212 g/mol. The van der Waals surface area contributed by atoms with E-state index in [0.717, 1.165) is 25.0 Å². The molecule has 1 atom stereocenters. The molecular weight excluding hydrogens is 188 g/mol. The molecule has 0 aliphatic heterocycles. The van der Waals surface area contributed by atoms with Gasteiger partial charge in [-0.25, -0.2) is 0 Å². The molecule has 2 bridgehead atoms. The van der Waals surface area contributed by atoms with Crippen molar-refractivity contribution in [2.24, 2.45) is 17.8 Å². The van der Waals surface area contributed by atoms with Gasteiger partial charge in [0.25, 0.3) is 0 Å². The zero-order chi connectivity index (χ0) is 10.7. The second kappa shape index (κ2) is 5.31. The molecule has 0 spiro atoms. The maximum atomic E-state index is 5.75. The van der Waals surface area contributed by atoms with Gasteiger partial charge in [-0.15, -0.1) is 0 Å². The minimum absolute atomic E-state index is 0.0769. The van der Waals surface area contributed by atoms with Crippen molar-refractivity contribution >= 4 is 0 Å². The van der Waals surface area contributed by atoms with Gasteiger partial charge < -0.3 is 9.47 Å². The van der Waals surface area contributed by atoms with E-state index in [4.69, 9.17) is 9.47 Å². The molecule has 3 aliphatic rings. The van der Waals surface area contributed by atoms with Crippen LogP contribution in [-0.4, -0.2) is 19.5 Å². The molecule has 0 N–H and O–H groups in total. The van der Waals surface area contributed by atoms with Crippen LogP contribution in [0.15, 0.2) is 0 Å². The smallest absolute Gasteiger partial charge is 0.160 e. The highest BCUT2D eigenvalue weighted by Gasteiger charge is 2.40. The van der Waals surface area contributed by atoms with E-state index in [1.807, 2.05) is 0 Å². The summed E-state index contributed by atoms with van der Waals surface area (Å²) >= 11 is 0. The average molecular weight is 212 g/mol. The van der Waals surface area contributed by atoms with Gasteiger partial charge in [0, 0.05) is 19.1 Å². The molecule has 3 fully saturated rings. The van der Waals surface area contributed by atoms with Gasteiger partial charge in [0.2, 0.25) is 0 Å². The minimum Gasteiger partial charge on any atom is -0.353 e. The number of ether oxygens (including phenoxy) is 2. The zero-order valence-electron chi connectivity index (χ0n) is 10.1. The van der Waals surface area contributed by atoms with E-state index < -0.39 is 0 Å². The third-order valence-corrected chi connectivity index (χ3v) is 4.11. The summed E-state index contributed by atoms with van der Waals surface area (Å²) in [5.41, 5.74) is 0. The standard InChI is InChI=1S/C13H24O2/c1-3-14-13(15-4-2)12-9-10-5-7-11(12)8-6-10/h10-13H,3-9H2,1-2H3. The van der Waals surface area contributed by atoms with Crippen LogP contribution in [0, 0.1) is 17.8 Å². The number of rotatable bonds is 5. The Balaban J connectivity index is 1.94. The normalized spacial score (nSPS) is 35.0. The van der Waals surface area contributed by atoms with Crippen LogP contribution in [-0.2, 0) is 9.47 Å². The summed E-state index contributed by atoms with van der Waals surface area (Å²) in [7, 11) is 0. The van der Waals surface area contributed by atoms with Crippen LogP contribution in [0.5, 0.6) is 0 Å². The molecular formula is C13H24O2. The van der Waals surface area contributed by atoms with Gasteiger partial charge in [-0.3, -0.25) is 0 Å². The Hall–Kier alpha value is -0.0800. The van der Waals surface area contributed by atoms with Crippen LogP contribution in [0.4, 0.5) is 0 Å². The van der Waals surface area contributed by atoms with E-state index in [-0.39, 0.29) is 6.29 Å². The highest BCUT2D eigenvalue weighted by molar-refractivity contribution is 4.87. The van der Waals surface area contributed by atoms with Crippen LogP contribution in [0.1, 0.15) is 46.0 Å². The van der Waals surface area contributed by atoms with Gasteiger partial charge in [0.1, 0.15) is 0 Å². The lowest BCUT2D eigenvalue weighted by Crippen LogP contribution is -2.40. The lowest BCUT2D eigenvalue weighted by molar-refractivity contribution is -0.193. The molecule has 3 rings (SSSR count). The van der Waals surface area contributed by atoms with Gasteiger partial charge in [-0.2, -0.15) is 0 Å². The molecule has 0 amide bonds. The molecule has 0 aromatic rings. The second-order valence-corrected chi connectivity index (χ2v) is 4.96. The fourth-order valence-electron chi connectivity index (χ4n) is 3.39. The molecule has 0 saturated heterocycles. The first kappa shape index (κ1) is 11.4. The Kier molecular flexibility index (Phi) is 4.04. The maximum Gasteiger partial charge on any atom is 0.160 e. The largest absolute Gasteiger partial charge is 0.353 e. The molecule has 3 saturated carbocycles. The summed E-state index contributed by atoms with van der Waals surface area (Å²) in [5.74, 6) is 2.51. The van der Waals surface area contributed by atoms with Crippen LogP contribution < -0.4 is 0 Å². The predicted octanol–water partition coefficient (Wildman–Crippen LogP) is 3.21. The minimum atomic E-state index is 0.0769. The van der Waals surface area contributed by atoms with E-state index in [2.05, 4.69) is 13.8 Å². The summed E-state index contributed by atoms with van der Waals surface area (Å²) in [6.45, 7) is 5.68. The Morgan fingerprint density at radius 2 is 1.60 bits per heavy atom. The lowest BCUT2D eigenvalue weighted by atomic mass is 9.64. The summed E-state index contributed by atoms with van der Waals surface area (Å²) < 4.78 is 11.5. The first-order chi connectivity index (χ1) is 7.35. The molecule has 3 aliphatic carbocycles. The van der Waals surface area contributed by atoms with Crippen molar-refractivity contribution in [2.75, 3.05) is 13.2 Å². The molecule has 15 heavy (non-hydrogen) atoms. The fraction of sp³-hybridized carbons (Fsp3) is 1.00. The molecule has 0 heterocycles. The molecule has 0 aromatic heterocycles. The summed E-state index contributed by atoms with van der Waals surface area (Å²) in [6.07, 6.45) is 7.14. The van der Waals surface area contributed by atoms with Gasteiger partial charge in [-0.1, -0.05) is 12.8 Å². The van der Waals surface area contributed by atoms with Crippen molar-refractivity contribution in [3.05, 3.63) is 0 Å². The quantitative estimate of drug-likeness (QED) is 0.651. The van der Waals surface area contributed by atoms with E-state index in [0.29, 0.717) is 5.92 Å². The average Bonchev–Trinajstić information content (AvgIpc) is 2.30. The molecule has 2 nitrogen and oxygen atoms in total. The predicted molar refractivity (Wildman–Crippen MR) is 60.6 cm³/mol. The van der Waals surface area contributed by atoms with Gasteiger partial charge >= 0.3 is 0 Å². The third kappa shape index (κ3) is 2.54. The molecule has 88 valence electrons. The second-order valence-electron chi connectivity index (χ2n) is 4.96. The highest BCUT2D eigenvalue weighted by Crippen LogP contribution is 2.46. The molecule has 2 heteroatoms. The topological polar surface area (TPSA) is 18.5 Å². The Labute approximate surface area is 93.3 Å². The Morgan fingerprint density at radius 1 is 1.00 bits per heavy atom. The fourth-order valence-corrected chi connectivity index (χ4v) is 3.39. The van der Waals surface area contributed by atoms with E-state index in [1.165, 1.54) is 32.1 Å². The summed E-state index contributed by atoms with van der Waals surface area (Å²) in [5, 5.41) is 0. The molecule has 0 radical (unpaired) electrons. The van der Waals surface area contributed by atoms with Gasteiger partial charge in [0.05, 0.1) is 0 Å². The van der Waals surface area contributed by atoms with Crippen molar-refractivity contribution in [1.82, 2.24) is 0 Å². The number of hydrogen-bond acceptors (Lipinski definition) is 2. The molecule has 0 aromatic carbocycles. The first-order valence-electron chi connectivity index (χ1n) is 6.58. The SMILES string of the molecule is CCOC(OCC)C1CC2CCC1CC2. The zero-order valence-corrected chi connectivity index (χ0v) is 10.1. The lowest BCUT2D eigenvalue weighted by Gasteiger charge is -2.45. The van der Waals surface area contributed by atoms with Crippen molar-refractivity contribution in [3.63, 3.8) is 0 Å². The van der Waals surface area contributed by atoms with E-state index >= 15 is 0 Å². The third-order valence-electron chi connectivity index (χ3n) is 4.11. The van der Waals surface area contributed by atoms with Crippen molar-refractivity contribution < 1.29 is 9.47 Å². The van der Waals surface area contributed by atoms with Crippen molar-refractivity contribution in [1.29, 1.82) is 0 Å². The van der Waals surface area contributed by atoms with Crippen LogP contribution in [0.3, 0.4) is 0 Å². The van der Waals surface area contributed by atoms with Crippen LogP contribution in [0.2, 0.25) is 0 Å². The Bertz CT molecular complexity index is 179. The van der Waals surface area contributed by atoms with Gasteiger partial charge in [-0.05, 0) is 44.9 Å². The van der Waals surface area contributed by atoms with Crippen molar-refractivity contribution in [3.8, 4) is 0 Å². The van der Waals surface area contributed by atoms with E-state index in [1.54, 1.807) is 0 Å². The number of fused-ring (bicyclic) bond motifs is 3. The molecule has 1 unspecified atom stereocenters. The van der Waals surface area contributed by atoms with Crippen LogP contribution in [0.25, 0.3) is 0 Å². The van der Waals surface area contributed by atoms with Crippen LogP contribution >= 0.6 is 0 Å². The summed E-state index contributed by atoms with van der Waals surface area (Å²) in [6, 6.07) is 0. The van der Waals surface area contributed by atoms with Crippen molar-refractivity contribution in [2.45, 2.75) is 52.2 Å². The Morgan fingerprint density at radius 3 is 2.00 bits per heavy atom. The summed E-state index contributed by atoms with van der Waals surface area (Å²) in [4.78, 5) is 0. The maximum absolute atomic E-state index is 5.75. The highest BCUT2D eigenvalue weighted by atomic mass is 16.7.